The summed E-state index contributed by atoms with van der Waals surface area (Å²) < 4.78 is 0. The maximum Gasteiger partial charge on any atom is 0.236 e. The summed E-state index contributed by atoms with van der Waals surface area (Å²) in [5.74, 6) is 0.694. The fraction of sp³-hybridized carbons (Fsp3) is 0.714. The quantitative estimate of drug-likeness (QED) is 0.685. The third-order valence-electron chi connectivity index (χ3n) is 2.11. The van der Waals surface area contributed by atoms with E-state index in [0.29, 0.717) is 12.4 Å². The van der Waals surface area contributed by atoms with Gasteiger partial charge in [-0.1, -0.05) is 15.9 Å². The molecule has 1 aromatic rings. The van der Waals surface area contributed by atoms with E-state index in [2.05, 4.69) is 31.3 Å². The van der Waals surface area contributed by atoms with Crippen LogP contribution in [0.1, 0.15) is 12.2 Å². The van der Waals surface area contributed by atoms with Crippen molar-refractivity contribution in [1.82, 2.24) is 25.1 Å². The minimum Gasteiger partial charge on any atom is -0.334 e. The van der Waals surface area contributed by atoms with Crippen LogP contribution in [-0.2, 0) is 18.4 Å². The van der Waals surface area contributed by atoms with Crippen molar-refractivity contribution in [3.05, 3.63) is 5.82 Å². The standard InChI is InChI=1S/C7H10BrN5O/c1-12-10-6(9-11-12)4-13-3-2-5(8)7(13)14/h5H,2-4H2,1H3. The molecule has 14 heavy (non-hydrogen) atoms. The van der Waals surface area contributed by atoms with Gasteiger partial charge in [-0.05, 0) is 11.6 Å². The molecule has 6 nitrogen and oxygen atoms in total. The number of aryl methyl sites for hydroxylation is 1. The maximum atomic E-state index is 11.5. The van der Waals surface area contributed by atoms with Crippen LogP contribution in [0.4, 0.5) is 0 Å². The minimum absolute atomic E-state index is 0.0424. The second-order valence-electron chi connectivity index (χ2n) is 3.21. The lowest BCUT2D eigenvalue weighted by Crippen LogP contribution is -2.27. The highest BCUT2D eigenvalue weighted by Gasteiger charge is 2.29. The van der Waals surface area contributed by atoms with Crippen LogP contribution in [0.5, 0.6) is 0 Å². The lowest BCUT2D eigenvalue weighted by molar-refractivity contribution is -0.127. The van der Waals surface area contributed by atoms with Crippen molar-refractivity contribution in [2.45, 2.75) is 17.8 Å². The highest BCUT2D eigenvalue weighted by Crippen LogP contribution is 2.19. The van der Waals surface area contributed by atoms with Gasteiger partial charge in [-0.15, -0.1) is 10.2 Å². The Balaban J connectivity index is 2.02. The molecule has 1 amide bonds. The SMILES string of the molecule is Cn1nnc(CN2CCC(Br)C2=O)n1. The van der Waals surface area contributed by atoms with Crippen LogP contribution in [0.3, 0.4) is 0 Å². The van der Waals surface area contributed by atoms with Crippen molar-refractivity contribution < 1.29 is 4.79 Å². The summed E-state index contributed by atoms with van der Waals surface area (Å²) in [4.78, 5) is 14.6. The van der Waals surface area contributed by atoms with Gasteiger partial charge in [0, 0.05) is 6.54 Å². The van der Waals surface area contributed by atoms with Gasteiger partial charge >= 0.3 is 0 Å². The van der Waals surface area contributed by atoms with Gasteiger partial charge in [0.15, 0.2) is 5.82 Å². The largest absolute Gasteiger partial charge is 0.334 e. The molecule has 0 radical (unpaired) electrons. The molecule has 76 valence electrons. The molecule has 1 unspecified atom stereocenters. The molecule has 0 aromatic carbocycles. The number of amides is 1. The molecule has 0 aliphatic carbocycles. The second-order valence-corrected chi connectivity index (χ2v) is 4.32. The van der Waals surface area contributed by atoms with Crippen LogP contribution in [-0.4, -0.2) is 42.4 Å². The molecule has 1 atom stereocenters. The van der Waals surface area contributed by atoms with Crippen molar-refractivity contribution in [2.75, 3.05) is 6.54 Å². The Morgan fingerprint density at radius 3 is 2.93 bits per heavy atom. The average Bonchev–Trinajstić information content (AvgIpc) is 2.67. The number of aromatic nitrogens is 4. The number of halogens is 1. The summed E-state index contributed by atoms with van der Waals surface area (Å²) in [7, 11) is 1.70. The Bertz CT molecular complexity index is 352. The zero-order valence-corrected chi connectivity index (χ0v) is 9.31. The molecular formula is C7H10BrN5O. The van der Waals surface area contributed by atoms with Crippen molar-refractivity contribution in [1.29, 1.82) is 0 Å². The van der Waals surface area contributed by atoms with Gasteiger partial charge in [-0.2, -0.15) is 4.80 Å². The Hall–Kier alpha value is -0.980. The molecule has 2 rings (SSSR count). The van der Waals surface area contributed by atoms with E-state index in [-0.39, 0.29) is 10.7 Å². The molecule has 1 aliphatic heterocycles. The lowest BCUT2D eigenvalue weighted by atomic mass is 10.4. The van der Waals surface area contributed by atoms with Gasteiger partial charge in [0.2, 0.25) is 5.91 Å². The smallest absolute Gasteiger partial charge is 0.236 e. The molecule has 1 aliphatic rings. The fourth-order valence-electron chi connectivity index (χ4n) is 1.42. The van der Waals surface area contributed by atoms with Crippen LogP contribution in [0.25, 0.3) is 0 Å². The number of nitrogens with zero attached hydrogens (tertiary/aromatic N) is 5. The Morgan fingerprint density at radius 1 is 1.64 bits per heavy atom. The summed E-state index contributed by atoms with van der Waals surface area (Å²) in [5, 5.41) is 11.6. The number of alkyl halides is 1. The lowest BCUT2D eigenvalue weighted by Gasteiger charge is -2.12. The second kappa shape index (κ2) is 3.64. The first kappa shape index (κ1) is 9.57. The van der Waals surface area contributed by atoms with Gasteiger partial charge in [0.1, 0.15) is 0 Å². The summed E-state index contributed by atoms with van der Waals surface area (Å²) >= 11 is 3.31. The summed E-state index contributed by atoms with van der Waals surface area (Å²) in [5.41, 5.74) is 0. The predicted molar refractivity (Wildman–Crippen MR) is 51.5 cm³/mol. The van der Waals surface area contributed by atoms with Gasteiger partial charge in [0.25, 0.3) is 0 Å². The molecule has 1 fully saturated rings. The number of carbonyl (C=O) groups is 1. The van der Waals surface area contributed by atoms with E-state index < -0.39 is 0 Å². The Kier molecular flexibility index (Phi) is 2.49. The molecular weight excluding hydrogens is 250 g/mol. The van der Waals surface area contributed by atoms with Crippen molar-refractivity contribution >= 4 is 21.8 Å². The van der Waals surface area contributed by atoms with Gasteiger partial charge < -0.3 is 4.90 Å². The number of carbonyl (C=O) groups excluding carboxylic acids is 1. The Morgan fingerprint density at radius 2 is 2.43 bits per heavy atom. The summed E-state index contributed by atoms with van der Waals surface area (Å²) in [6.07, 6.45) is 0.846. The van der Waals surface area contributed by atoms with E-state index in [1.807, 2.05) is 0 Å². The molecule has 2 heterocycles. The molecule has 0 saturated carbocycles. The molecule has 1 saturated heterocycles. The topological polar surface area (TPSA) is 63.9 Å². The number of rotatable bonds is 2. The molecule has 7 heteroatoms. The van der Waals surface area contributed by atoms with Crippen molar-refractivity contribution in [3.8, 4) is 0 Å². The zero-order chi connectivity index (χ0) is 10.1. The number of hydrogen-bond acceptors (Lipinski definition) is 4. The average molecular weight is 260 g/mol. The predicted octanol–water partition coefficient (Wildman–Crippen LogP) is -0.294. The summed E-state index contributed by atoms with van der Waals surface area (Å²) in [6, 6.07) is 0. The first-order valence-corrected chi connectivity index (χ1v) is 5.24. The zero-order valence-electron chi connectivity index (χ0n) is 7.72. The molecule has 0 spiro atoms. The third-order valence-corrected chi connectivity index (χ3v) is 2.96. The van der Waals surface area contributed by atoms with Crippen LogP contribution in [0, 0.1) is 0 Å². The van der Waals surface area contributed by atoms with Crippen LogP contribution in [0.2, 0.25) is 0 Å². The highest BCUT2D eigenvalue weighted by molar-refractivity contribution is 9.10. The van der Waals surface area contributed by atoms with E-state index in [1.54, 1.807) is 11.9 Å². The molecule has 0 N–H and O–H groups in total. The van der Waals surface area contributed by atoms with Crippen molar-refractivity contribution in [2.24, 2.45) is 7.05 Å². The van der Waals surface area contributed by atoms with Crippen LogP contribution >= 0.6 is 15.9 Å². The minimum atomic E-state index is -0.0424. The molecule has 0 bridgehead atoms. The highest BCUT2D eigenvalue weighted by atomic mass is 79.9. The first-order valence-electron chi connectivity index (χ1n) is 4.32. The monoisotopic (exact) mass is 259 g/mol. The fourth-order valence-corrected chi connectivity index (χ4v) is 1.91. The summed E-state index contributed by atoms with van der Waals surface area (Å²) in [6.45, 7) is 1.21. The normalized spacial score (nSPS) is 22.0. The molecule has 1 aromatic heterocycles. The maximum absolute atomic E-state index is 11.5. The number of hydrogen-bond donors (Lipinski definition) is 0. The first-order chi connectivity index (χ1) is 6.66. The van der Waals surface area contributed by atoms with Gasteiger partial charge in [0.05, 0.1) is 18.4 Å². The van der Waals surface area contributed by atoms with Crippen LogP contribution in [0.15, 0.2) is 0 Å². The van der Waals surface area contributed by atoms with E-state index in [9.17, 15) is 4.79 Å². The van der Waals surface area contributed by atoms with Crippen LogP contribution < -0.4 is 0 Å². The van der Waals surface area contributed by atoms with Crippen molar-refractivity contribution in [3.63, 3.8) is 0 Å². The number of likely N-dealkylation sites (tertiary alicyclic amines) is 1. The van der Waals surface area contributed by atoms with Gasteiger partial charge in [-0.25, -0.2) is 0 Å². The number of tetrazole rings is 1. The third kappa shape index (κ3) is 1.77. The van der Waals surface area contributed by atoms with E-state index in [1.165, 1.54) is 4.80 Å². The van der Waals surface area contributed by atoms with E-state index in [0.717, 1.165) is 13.0 Å². The van der Waals surface area contributed by atoms with E-state index >= 15 is 0 Å². The Labute approximate surface area is 89.4 Å². The van der Waals surface area contributed by atoms with E-state index in [4.69, 9.17) is 0 Å². The van der Waals surface area contributed by atoms with Gasteiger partial charge in [-0.3, -0.25) is 4.79 Å².